The topological polar surface area (TPSA) is 89.6 Å². The van der Waals surface area contributed by atoms with Crippen molar-refractivity contribution in [3.05, 3.63) is 48.0 Å². The molecule has 0 fully saturated rings. The Morgan fingerprint density at radius 3 is 2.40 bits per heavy atom. The number of sulfone groups is 1. The number of aliphatic hydroxyl groups excluding tert-OH is 1. The number of ether oxygens (including phenoxy) is 1. The molecule has 6 heteroatoms. The van der Waals surface area contributed by atoms with Crippen molar-refractivity contribution >= 4 is 15.5 Å². The third-order valence-corrected chi connectivity index (χ3v) is 3.94. The van der Waals surface area contributed by atoms with Gasteiger partial charge in [-0.05, 0) is 18.2 Å². The van der Waals surface area contributed by atoms with Crippen molar-refractivity contribution in [1.82, 2.24) is 0 Å². The monoisotopic (exact) mass is 293 g/mol. The third-order valence-electron chi connectivity index (χ3n) is 2.79. The quantitative estimate of drug-likeness (QED) is 0.841. The maximum absolute atomic E-state index is 11.6. The zero-order valence-corrected chi connectivity index (χ0v) is 11.7. The molecule has 0 aliphatic rings. The van der Waals surface area contributed by atoms with Crippen LogP contribution < -0.4 is 10.5 Å². The van der Waals surface area contributed by atoms with Gasteiger partial charge >= 0.3 is 0 Å². The molecule has 0 unspecified atom stereocenters. The Morgan fingerprint density at radius 1 is 1.10 bits per heavy atom. The van der Waals surface area contributed by atoms with Gasteiger partial charge < -0.3 is 15.6 Å². The Morgan fingerprint density at radius 2 is 1.75 bits per heavy atom. The molecule has 0 heterocycles. The van der Waals surface area contributed by atoms with Crippen LogP contribution in [0, 0.1) is 0 Å². The van der Waals surface area contributed by atoms with Crippen LogP contribution in [0.5, 0.6) is 11.5 Å². The van der Waals surface area contributed by atoms with Crippen LogP contribution in [0.15, 0.2) is 47.4 Å². The molecule has 5 nitrogen and oxygen atoms in total. The van der Waals surface area contributed by atoms with Gasteiger partial charge in [0.15, 0.2) is 15.6 Å². The van der Waals surface area contributed by atoms with Gasteiger partial charge in [-0.1, -0.05) is 24.3 Å². The summed E-state index contributed by atoms with van der Waals surface area (Å²) in [5.41, 5.74) is 6.49. The fourth-order valence-electron chi connectivity index (χ4n) is 1.79. The van der Waals surface area contributed by atoms with Gasteiger partial charge in [-0.15, -0.1) is 0 Å². The van der Waals surface area contributed by atoms with Gasteiger partial charge in [0.25, 0.3) is 0 Å². The molecular formula is C14H15NO4S. The molecule has 0 aliphatic heterocycles. The number of benzene rings is 2. The summed E-state index contributed by atoms with van der Waals surface area (Å²) in [5, 5.41) is 9.24. The number of para-hydroxylation sites is 2. The maximum Gasteiger partial charge on any atom is 0.177 e. The van der Waals surface area contributed by atoms with Crippen LogP contribution in [0.3, 0.4) is 0 Å². The summed E-state index contributed by atoms with van der Waals surface area (Å²) in [4.78, 5) is 0.0245. The highest BCUT2D eigenvalue weighted by Crippen LogP contribution is 2.33. The van der Waals surface area contributed by atoms with Crippen LogP contribution in [-0.4, -0.2) is 19.8 Å². The first kappa shape index (κ1) is 14.4. The van der Waals surface area contributed by atoms with E-state index in [0.29, 0.717) is 11.3 Å². The second kappa shape index (κ2) is 5.52. The highest BCUT2D eigenvalue weighted by atomic mass is 32.2. The smallest absolute Gasteiger partial charge is 0.177 e. The first-order valence-electron chi connectivity index (χ1n) is 5.88. The summed E-state index contributed by atoms with van der Waals surface area (Å²) in [6.07, 6.45) is 1.09. The maximum atomic E-state index is 11.6. The largest absolute Gasteiger partial charge is 0.455 e. The zero-order chi connectivity index (χ0) is 14.8. The molecule has 106 valence electrons. The van der Waals surface area contributed by atoms with Crippen LogP contribution in [0.25, 0.3) is 0 Å². The fraction of sp³-hybridized carbons (Fsp3) is 0.143. The molecule has 0 aromatic heterocycles. The van der Waals surface area contributed by atoms with E-state index < -0.39 is 9.84 Å². The van der Waals surface area contributed by atoms with Crippen LogP contribution in [0.1, 0.15) is 5.56 Å². The van der Waals surface area contributed by atoms with E-state index in [1.807, 2.05) is 0 Å². The molecular weight excluding hydrogens is 278 g/mol. The predicted molar refractivity (Wildman–Crippen MR) is 76.4 cm³/mol. The van der Waals surface area contributed by atoms with Crippen molar-refractivity contribution in [3.8, 4) is 11.5 Å². The first-order valence-corrected chi connectivity index (χ1v) is 7.78. The molecule has 20 heavy (non-hydrogen) atoms. The second-order valence-electron chi connectivity index (χ2n) is 4.31. The molecule has 0 amide bonds. The van der Waals surface area contributed by atoms with Gasteiger partial charge in [-0.2, -0.15) is 0 Å². The van der Waals surface area contributed by atoms with Crippen molar-refractivity contribution < 1.29 is 18.3 Å². The van der Waals surface area contributed by atoms with E-state index in [-0.39, 0.29) is 22.9 Å². The lowest BCUT2D eigenvalue weighted by atomic mass is 10.2. The van der Waals surface area contributed by atoms with Crippen LogP contribution in [0.4, 0.5) is 5.69 Å². The Bertz CT molecular complexity index is 726. The molecule has 0 spiro atoms. The summed E-state index contributed by atoms with van der Waals surface area (Å²) >= 11 is 0. The van der Waals surface area contributed by atoms with Crippen molar-refractivity contribution in [2.45, 2.75) is 11.5 Å². The van der Waals surface area contributed by atoms with Crippen LogP contribution in [-0.2, 0) is 16.4 Å². The summed E-state index contributed by atoms with van der Waals surface area (Å²) < 4.78 is 28.8. The zero-order valence-electron chi connectivity index (χ0n) is 10.9. The van der Waals surface area contributed by atoms with E-state index in [4.69, 9.17) is 10.5 Å². The van der Waals surface area contributed by atoms with Crippen molar-refractivity contribution in [2.24, 2.45) is 0 Å². The fourth-order valence-corrected chi connectivity index (χ4v) is 2.61. The van der Waals surface area contributed by atoms with E-state index in [9.17, 15) is 13.5 Å². The van der Waals surface area contributed by atoms with Gasteiger partial charge in [0, 0.05) is 11.8 Å². The molecule has 2 aromatic rings. The second-order valence-corrected chi connectivity index (χ2v) is 6.29. The molecule has 0 radical (unpaired) electrons. The number of hydrogen-bond acceptors (Lipinski definition) is 5. The number of anilines is 1. The van der Waals surface area contributed by atoms with Gasteiger partial charge in [0.1, 0.15) is 5.75 Å². The molecule has 2 rings (SSSR count). The number of hydrogen-bond donors (Lipinski definition) is 2. The van der Waals surface area contributed by atoms with Gasteiger partial charge in [-0.25, -0.2) is 8.42 Å². The van der Waals surface area contributed by atoms with Crippen molar-refractivity contribution in [2.75, 3.05) is 12.0 Å². The van der Waals surface area contributed by atoms with Crippen LogP contribution >= 0.6 is 0 Å². The van der Waals surface area contributed by atoms with Gasteiger partial charge in [-0.3, -0.25) is 0 Å². The standard InChI is InChI=1S/C14H15NO4S/c1-20(17,18)13-8-4-7-12(14(13)15)19-11-6-3-2-5-10(11)9-16/h2-8,16H,9,15H2,1H3. The summed E-state index contributed by atoms with van der Waals surface area (Å²) in [5.74, 6) is 0.682. The Hall–Kier alpha value is -2.05. The van der Waals surface area contributed by atoms with E-state index in [1.54, 1.807) is 36.4 Å². The number of nitrogen functional groups attached to an aromatic ring is 1. The van der Waals surface area contributed by atoms with Crippen LogP contribution in [0.2, 0.25) is 0 Å². The van der Waals surface area contributed by atoms with E-state index in [1.165, 1.54) is 6.07 Å². The Balaban J connectivity index is 2.45. The average Bonchev–Trinajstić information content (AvgIpc) is 2.40. The lowest BCUT2D eigenvalue weighted by Crippen LogP contribution is -2.04. The molecule has 0 saturated heterocycles. The molecule has 0 atom stereocenters. The summed E-state index contributed by atoms with van der Waals surface area (Å²) in [7, 11) is -3.42. The Kier molecular flexibility index (Phi) is 3.96. The average molecular weight is 293 g/mol. The molecule has 3 N–H and O–H groups in total. The van der Waals surface area contributed by atoms with Crippen molar-refractivity contribution in [1.29, 1.82) is 0 Å². The number of aliphatic hydroxyl groups is 1. The predicted octanol–water partition coefficient (Wildman–Crippen LogP) is 1.96. The minimum absolute atomic E-state index is 0.0245. The lowest BCUT2D eigenvalue weighted by Gasteiger charge is -2.13. The molecule has 0 aliphatic carbocycles. The summed E-state index contributed by atoms with van der Waals surface area (Å²) in [6, 6.07) is 11.5. The summed E-state index contributed by atoms with van der Waals surface area (Å²) in [6.45, 7) is -0.179. The lowest BCUT2D eigenvalue weighted by molar-refractivity contribution is 0.276. The van der Waals surface area contributed by atoms with E-state index >= 15 is 0 Å². The minimum atomic E-state index is -3.42. The minimum Gasteiger partial charge on any atom is -0.455 e. The van der Waals surface area contributed by atoms with E-state index in [2.05, 4.69) is 0 Å². The van der Waals surface area contributed by atoms with Crippen molar-refractivity contribution in [3.63, 3.8) is 0 Å². The van der Waals surface area contributed by atoms with Gasteiger partial charge in [0.05, 0.1) is 17.2 Å². The molecule has 0 bridgehead atoms. The first-order chi connectivity index (χ1) is 9.43. The normalized spacial score (nSPS) is 11.3. The SMILES string of the molecule is CS(=O)(=O)c1cccc(Oc2ccccc2CO)c1N. The van der Waals surface area contributed by atoms with E-state index in [0.717, 1.165) is 6.26 Å². The Labute approximate surface area is 117 Å². The third kappa shape index (κ3) is 2.92. The highest BCUT2D eigenvalue weighted by Gasteiger charge is 2.16. The molecule has 2 aromatic carbocycles. The number of rotatable bonds is 4. The number of nitrogens with two attached hydrogens (primary N) is 1. The van der Waals surface area contributed by atoms with Gasteiger partial charge in [0.2, 0.25) is 0 Å². The highest BCUT2D eigenvalue weighted by molar-refractivity contribution is 7.90. The molecule has 0 saturated carbocycles.